The van der Waals surface area contributed by atoms with Gasteiger partial charge in [-0.25, -0.2) is 18.6 Å². The lowest BCUT2D eigenvalue weighted by atomic mass is 10.3. The molecule has 20 heavy (non-hydrogen) atoms. The van der Waals surface area contributed by atoms with Crippen LogP contribution >= 0.6 is 11.8 Å². The monoisotopic (exact) mass is 296 g/mol. The van der Waals surface area contributed by atoms with Crippen molar-refractivity contribution < 1.29 is 18.3 Å². The third-order valence-corrected chi connectivity index (χ3v) is 3.45. The first-order valence-corrected chi connectivity index (χ1v) is 6.29. The zero-order valence-electron chi connectivity index (χ0n) is 10.4. The van der Waals surface area contributed by atoms with Crippen LogP contribution in [0.2, 0.25) is 0 Å². The van der Waals surface area contributed by atoms with E-state index in [0.29, 0.717) is 0 Å². The standard InChI is InChI=1S/C13H10F2N2O2S/c1-19-13(18)9-5-8(16)6-17-12(9)20-11-3-2-7(14)4-10(11)15/h2-6H,16H2,1H3. The minimum Gasteiger partial charge on any atom is -0.465 e. The van der Waals surface area contributed by atoms with Crippen molar-refractivity contribution in [1.82, 2.24) is 4.98 Å². The zero-order chi connectivity index (χ0) is 14.7. The highest BCUT2D eigenvalue weighted by atomic mass is 32.2. The number of aromatic nitrogens is 1. The minimum atomic E-state index is -0.732. The molecule has 2 aromatic rings. The average molecular weight is 296 g/mol. The van der Waals surface area contributed by atoms with Crippen LogP contribution in [0, 0.1) is 11.6 Å². The van der Waals surface area contributed by atoms with Gasteiger partial charge in [-0.05, 0) is 18.2 Å². The number of anilines is 1. The number of benzene rings is 1. The van der Waals surface area contributed by atoms with Gasteiger partial charge < -0.3 is 10.5 Å². The van der Waals surface area contributed by atoms with Crippen LogP contribution < -0.4 is 5.73 Å². The zero-order valence-corrected chi connectivity index (χ0v) is 11.2. The molecule has 1 aromatic carbocycles. The van der Waals surface area contributed by atoms with Crippen LogP contribution in [0.5, 0.6) is 0 Å². The highest BCUT2D eigenvalue weighted by Crippen LogP contribution is 2.32. The number of ether oxygens (including phenoxy) is 1. The van der Waals surface area contributed by atoms with Gasteiger partial charge in [0.15, 0.2) is 0 Å². The fourth-order valence-electron chi connectivity index (χ4n) is 1.47. The molecule has 2 rings (SSSR count). The molecule has 0 aliphatic carbocycles. The molecule has 0 fully saturated rings. The Morgan fingerprint density at radius 3 is 2.75 bits per heavy atom. The van der Waals surface area contributed by atoms with Crippen LogP contribution in [0.25, 0.3) is 0 Å². The molecule has 0 aliphatic rings. The average Bonchev–Trinajstić information content (AvgIpc) is 2.42. The normalized spacial score (nSPS) is 10.3. The molecule has 0 atom stereocenters. The molecule has 0 aliphatic heterocycles. The van der Waals surface area contributed by atoms with Crippen molar-refractivity contribution in [1.29, 1.82) is 0 Å². The fraction of sp³-hybridized carbons (Fsp3) is 0.0769. The van der Waals surface area contributed by atoms with Gasteiger partial charge in [-0.2, -0.15) is 0 Å². The second-order valence-corrected chi connectivity index (χ2v) is 4.82. The predicted octanol–water partition coefficient (Wildman–Crippen LogP) is 2.88. The van der Waals surface area contributed by atoms with Crippen LogP contribution in [0.4, 0.5) is 14.5 Å². The first kappa shape index (κ1) is 14.3. The Kier molecular flexibility index (Phi) is 4.19. The summed E-state index contributed by atoms with van der Waals surface area (Å²) in [5, 5.41) is 0.233. The van der Waals surface area contributed by atoms with Crippen molar-refractivity contribution in [2.75, 3.05) is 12.8 Å². The number of pyridine rings is 1. The number of rotatable bonds is 3. The highest BCUT2D eigenvalue weighted by Gasteiger charge is 2.16. The number of halogens is 2. The van der Waals surface area contributed by atoms with E-state index < -0.39 is 17.6 Å². The van der Waals surface area contributed by atoms with E-state index in [9.17, 15) is 13.6 Å². The molecule has 104 valence electrons. The van der Waals surface area contributed by atoms with Gasteiger partial charge in [-0.1, -0.05) is 11.8 Å². The quantitative estimate of drug-likeness (QED) is 0.882. The molecular formula is C13H10F2N2O2S. The van der Waals surface area contributed by atoms with Gasteiger partial charge in [0.1, 0.15) is 16.7 Å². The molecule has 4 nitrogen and oxygen atoms in total. The second-order valence-electron chi connectivity index (χ2n) is 3.79. The molecule has 0 unspecified atom stereocenters. The van der Waals surface area contributed by atoms with Crippen LogP contribution in [-0.2, 0) is 4.74 Å². The first-order chi connectivity index (χ1) is 9.51. The molecule has 0 amide bonds. The van der Waals surface area contributed by atoms with E-state index in [2.05, 4.69) is 9.72 Å². The number of nitrogens with two attached hydrogens (primary N) is 1. The largest absolute Gasteiger partial charge is 0.465 e. The lowest BCUT2D eigenvalue weighted by Crippen LogP contribution is -2.06. The Labute approximate surface area is 118 Å². The molecule has 0 saturated carbocycles. The summed E-state index contributed by atoms with van der Waals surface area (Å²) < 4.78 is 31.1. The highest BCUT2D eigenvalue weighted by molar-refractivity contribution is 7.99. The van der Waals surface area contributed by atoms with Gasteiger partial charge in [-0.15, -0.1) is 0 Å². The molecular weight excluding hydrogens is 286 g/mol. The van der Waals surface area contributed by atoms with Crippen LogP contribution in [0.15, 0.2) is 40.4 Å². The van der Waals surface area contributed by atoms with E-state index >= 15 is 0 Å². The number of esters is 1. The van der Waals surface area contributed by atoms with Crippen molar-refractivity contribution in [3.63, 3.8) is 0 Å². The lowest BCUT2D eigenvalue weighted by Gasteiger charge is -2.08. The lowest BCUT2D eigenvalue weighted by molar-refractivity contribution is 0.0596. The maximum absolute atomic E-state index is 13.6. The SMILES string of the molecule is COC(=O)c1cc(N)cnc1Sc1ccc(F)cc1F. The summed E-state index contributed by atoms with van der Waals surface area (Å²) in [4.78, 5) is 15.8. The molecule has 1 heterocycles. The van der Waals surface area contributed by atoms with Gasteiger partial charge in [0, 0.05) is 11.0 Å². The van der Waals surface area contributed by atoms with E-state index in [1.807, 2.05) is 0 Å². The maximum atomic E-state index is 13.6. The van der Waals surface area contributed by atoms with Crippen molar-refractivity contribution in [3.8, 4) is 0 Å². The number of nitrogens with zero attached hydrogens (tertiary/aromatic N) is 1. The first-order valence-electron chi connectivity index (χ1n) is 5.48. The summed E-state index contributed by atoms with van der Waals surface area (Å²) in [7, 11) is 1.22. The third-order valence-electron chi connectivity index (χ3n) is 2.38. The Morgan fingerprint density at radius 1 is 1.35 bits per heavy atom. The second kappa shape index (κ2) is 5.87. The van der Waals surface area contributed by atoms with Gasteiger partial charge in [0.2, 0.25) is 0 Å². The molecule has 0 radical (unpaired) electrons. The van der Waals surface area contributed by atoms with Crippen LogP contribution in [-0.4, -0.2) is 18.1 Å². The number of hydrogen-bond acceptors (Lipinski definition) is 5. The summed E-state index contributed by atoms with van der Waals surface area (Å²) >= 11 is 0.893. The van der Waals surface area contributed by atoms with E-state index in [0.717, 1.165) is 23.9 Å². The van der Waals surface area contributed by atoms with Crippen molar-refractivity contribution >= 4 is 23.4 Å². The smallest absolute Gasteiger partial charge is 0.340 e. The number of hydrogen-bond donors (Lipinski definition) is 1. The molecule has 0 bridgehead atoms. The Balaban J connectivity index is 2.40. The Hall–Kier alpha value is -2.15. The van der Waals surface area contributed by atoms with Crippen LogP contribution in [0.1, 0.15) is 10.4 Å². The van der Waals surface area contributed by atoms with E-state index in [-0.39, 0.29) is 21.2 Å². The summed E-state index contributed by atoms with van der Waals surface area (Å²) in [5.74, 6) is -2.04. The third kappa shape index (κ3) is 3.05. The number of nitrogen functional groups attached to an aromatic ring is 1. The summed E-state index contributed by atoms with van der Waals surface area (Å²) in [5.41, 5.74) is 5.97. The summed E-state index contributed by atoms with van der Waals surface area (Å²) in [6.07, 6.45) is 1.34. The fourth-order valence-corrected chi connectivity index (χ4v) is 2.33. The van der Waals surface area contributed by atoms with E-state index in [1.54, 1.807) is 0 Å². The number of carbonyl (C=O) groups excluding carboxylic acids is 1. The Morgan fingerprint density at radius 2 is 2.10 bits per heavy atom. The number of carbonyl (C=O) groups is 1. The Bertz CT molecular complexity index is 665. The van der Waals surface area contributed by atoms with Crippen molar-refractivity contribution in [2.24, 2.45) is 0 Å². The molecule has 2 N–H and O–H groups in total. The van der Waals surface area contributed by atoms with Gasteiger partial charge in [0.25, 0.3) is 0 Å². The van der Waals surface area contributed by atoms with E-state index in [4.69, 9.17) is 5.73 Å². The molecule has 7 heteroatoms. The summed E-state index contributed by atoms with van der Waals surface area (Å²) in [6, 6.07) is 4.55. The van der Waals surface area contributed by atoms with Crippen LogP contribution in [0.3, 0.4) is 0 Å². The predicted molar refractivity (Wildman–Crippen MR) is 70.5 cm³/mol. The van der Waals surface area contributed by atoms with Gasteiger partial charge in [-0.3, -0.25) is 0 Å². The maximum Gasteiger partial charge on any atom is 0.340 e. The number of methoxy groups -OCH3 is 1. The van der Waals surface area contributed by atoms with Gasteiger partial charge in [0.05, 0.1) is 24.6 Å². The minimum absolute atomic E-state index is 0.126. The van der Waals surface area contributed by atoms with Gasteiger partial charge >= 0.3 is 5.97 Å². The molecule has 0 spiro atoms. The summed E-state index contributed by atoms with van der Waals surface area (Å²) in [6.45, 7) is 0. The molecule has 1 aromatic heterocycles. The topological polar surface area (TPSA) is 65.2 Å². The van der Waals surface area contributed by atoms with Crippen molar-refractivity contribution in [3.05, 3.63) is 47.7 Å². The van der Waals surface area contributed by atoms with Crippen molar-refractivity contribution in [2.45, 2.75) is 9.92 Å². The van der Waals surface area contributed by atoms with E-state index in [1.165, 1.54) is 25.4 Å². The molecule has 0 saturated heterocycles.